The van der Waals surface area contributed by atoms with Crippen molar-refractivity contribution >= 4 is 64.6 Å². The van der Waals surface area contributed by atoms with E-state index in [-0.39, 0.29) is 27.8 Å². The predicted octanol–water partition coefficient (Wildman–Crippen LogP) is 6.20. The van der Waals surface area contributed by atoms with Crippen LogP contribution in [0.2, 0.25) is 10.0 Å². The summed E-state index contributed by atoms with van der Waals surface area (Å²) in [6.07, 6.45) is 2.94. The van der Waals surface area contributed by atoms with Crippen LogP contribution in [0.3, 0.4) is 0 Å². The highest BCUT2D eigenvalue weighted by Crippen LogP contribution is 2.30. The van der Waals surface area contributed by atoms with Gasteiger partial charge in [0.2, 0.25) is 0 Å². The van der Waals surface area contributed by atoms with Gasteiger partial charge in [-0.1, -0.05) is 47.5 Å². The van der Waals surface area contributed by atoms with Crippen molar-refractivity contribution in [3.63, 3.8) is 0 Å². The molecule has 1 heterocycles. The minimum absolute atomic E-state index is 0.0224. The lowest BCUT2D eigenvalue weighted by molar-refractivity contribution is -0.117. The second-order valence-corrected chi connectivity index (χ2v) is 9.84. The largest absolute Gasteiger partial charge is 0.493 e. The molecule has 8 nitrogen and oxygen atoms in total. The van der Waals surface area contributed by atoms with Gasteiger partial charge in [-0.25, -0.2) is 10.2 Å². The summed E-state index contributed by atoms with van der Waals surface area (Å²) in [5.41, 5.74) is 3.53. The maximum Gasteiger partial charge on any atom is 0.345 e. The molecule has 2 amide bonds. The standard InChI is InChI=1S/C29H21Cl2N3O5S/c1-38-26-14-18(9-12-25(26)39-29(37)22-11-10-20(30)15-23(22)31)17-32-34-28(36)24(16-21-8-5-13-40-21)33-27(35)19-6-3-2-4-7-19/h2-17H,1H3,(H,33,35)(H,34,36). The molecule has 0 spiro atoms. The maximum absolute atomic E-state index is 12.9. The maximum atomic E-state index is 12.9. The first kappa shape index (κ1) is 28.6. The number of benzene rings is 3. The van der Waals surface area contributed by atoms with Crippen molar-refractivity contribution in [1.82, 2.24) is 10.7 Å². The average Bonchev–Trinajstić information content (AvgIpc) is 3.47. The van der Waals surface area contributed by atoms with Crippen LogP contribution in [-0.4, -0.2) is 31.1 Å². The molecule has 0 saturated carbocycles. The summed E-state index contributed by atoms with van der Waals surface area (Å²) in [7, 11) is 1.42. The number of amides is 2. The number of ether oxygens (including phenoxy) is 2. The molecular formula is C29H21Cl2N3O5S. The van der Waals surface area contributed by atoms with E-state index in [1.54, 1.807) is 48.5 Å². The van der Waals surface area contributed by atoms with Gasteiger partial charge in [0.1, 0.15) is 5.70 Å². The number of rotatable bonds is 9. The molecule has 0 saturated heterocycles. The van der Waals surface area contributed by atoms with Crippen molar-refractivity contribution in [2.24, 2.45) is 5.10 Å². The van der Waals surface area contributed by atoms with Crippen LogP contribution >= 0.6 is 34.5 Å². The first-order chi connectivity index (χ1) is 19.3. The second-order valence-electron chi connectivity index (χ2n) is 8.02. The summed E-state index contributed by atoms with van der Waals surface area (Å²) in [5, 5.41) is 9.05. The Kier molecular flexibility index (Phi) is 9.69. The number of carbonyl (C=O) groups is 3. The van der Waals surface area contributed by atoms with Crippen LogP contribution in [0.25, 0.3) is 6.08 Å². The predicted molar refractivity (Wildman–Crippen MR) is 156 cm³/mol. The van der Waals surface area contributed by atoms with Gasteiger partial charge in [0.15, 0.2) is 11.5 Å². The fourth-order valence-electron chi connectivity index (χ4n) is 3.34. The summed E-state index contributed by atoms with van der Waals surface area (Å²) < 4.78 is 10.8. The highest BCUT2D eigenvalue weighted by atomic mass is 35.5. The smallest absolute Gasteiger partial charge is 0.345 e. The van der Waals surface area contributed by atoms with Crippen LogP contribution < -0.4 is 20.2 Å². The Bertz CT molecular complexity index is 1590. The van der Waals surface area contributed by atoms with Gasteiger partial charge in [0.25, 0.3) is 11.8 Å². The molecule has 0 bridgehead atoms. The van der Waals surface area contributed by atoms with E-state index < -0.39 is 17.8 Å². The molecule has 0 aliphatic heterocycles. The molecule has 0 radical (unpaired) electrons. The number of hydrogen-bond acceptors (Lipinski definition) is 7. The van der Waals surface area contributed by atoms with Crippen molar-refractivity contribution < 1.29 is 23.9 Å². The Hall–Kier alpha value is -4.44. The SMILES string of the molecule is COc1cc(C=NNC(=O)C(=Cc2cccs2)NC(=O)c2ccccc2)ccc1OC(=O)c1ccc(Cl)cc1Cl. The van der Waals surface area contributed by atoms with Crippen LogP contribution in [0.4, 0.5) is 0 Å². The molecule has 0 unspecified atom stereocenters. The van der Waals surface area contributed by atoms with Crippen LogP contribution in [0, 0.1) is 0 Å². The summed E-state index contributed by atoms with van der Waals surface area (Å²) in [4.78, 5) is 38.9. The van der Waals surface area contributed by atoms with E-state index in [1.807, 2.05) is 17.5 Å². The van der Waals surface area contributed by atoms with Crippen LogP contribution in [0.5, 0.6) is 11.5 Å². The van der Waals surface area contributed by atoms with Crippen LogP contribution in [0.1, 0.15) is 31.2 Å². The average molecular weight is 594 g/mol. The van der Waals surface area contributed by atoms with E-state index in [9.17, 15) is 14.4 Å². The Morgan fingerprint density at radius 2 is 1.73 bits per heavy atom. The number of hydrogen-bond donors (Lipinski definition) is 2. The Morgan fingerprint density at radius 3 is 2.42 bits per heavy atom. The Morgan fingerprint density at radius 1 is 0.925 bits per heavy atom. The quantitative estimate of drug-likeness (QED) is 0.0789. The Labute approximate surface area is 243 Å². The van der Waals surface area contributed by atoms with Crippen molar-refractivity contribution in [3.05, 3.63) is 122 Å². The number of hydrazone groups is 1. The first-order valence-corrected chi connectivity index (χ1v) is 13.3. The van der Waals surface area contributed by atoms with Crippen LogP contribution in [-0.2, 0) is 4.79 Å². The molecule has 1 aromatic heterocycles. The van der Waals surface area contributed by atoms with Gasteiger partial charge < -0.3 is 14.8 Å². The van der Waals surface area contributed by atoms with Crippen molar-refractivity contribution in [3.8, 4) is 11.5 Å². The van der Waals surface area contributed by atoms with Gasteiger partial charge in [0.05, 0.1) is 23.9 Å². The summed E-state index contributed by atoms with van der Waals surface area (Å²) in [5.74, 6) is -1.33. The summed E-state index contributed by atoms with van der Waals surface area (Å²) in [6.45, 7) is 0. The van der Waals surface area contributed by atoms with E-state index >= 15 is 0 Å². The number of esters is 1. The van der Waals surface area contributed by atoms with E-state index in [0.717, 1.165) is 4.88 Å². The zero-order valence-electron chi connectivity index (χ0n) is 20.9. The molecule has 0 fully saturated rings. The number of nitrogens with zero attached hydrogens (tertiary/aromatic N) is 1. The lowest BCUT2D eigenvalue weighted by atomic mass is 10.2. The zero-order chi connectivity index (χ0) is 28.5. The molecule has 2 N–H and O–H groups in total. The minimum atomic E-state index is -0.684. The van der Waals surface area contributed by atoms with Crippen LogP contribution in [0.15, 0.2) is 95.0 Å². The van der Waals surface area contributed by atoms with Gasteiger partial charge in [-0.3, -0.25) is 9.59 Å². The number of methoxy groups -OCH3 is 1. The molecular weight excluding hydrogens is 573 g/mol. The minimum Gasteiger partial charge on any atom is -0.493 e. The van der Waals surface area contributed by atoms with Gasteiger partial charge >= 0.3 is 5.97 Å². The van der Waals surface area contributed by atoms with Crippen molar-refractivity contribution in [2.75, 3.05) is 7.11 Å². The number of carbonyl (C=O) groups excluding carboxylic acids is 3. The zero-order valence-corrected chi connectivity index (χ0v) is 23.2. The third-order valence-electron chi connectivity index (χ3n) is 5.28. The first-order valence-electron chi connectivity index (χ1n) is 11.6. The Balaban J connectivity index is 1.45. The summed E-state index contributed by atoms with van der Waals surface area (Å²) >= 11 is 13.4. The number of halogens is 2. The summed E-state index contributed by atoms with van der Waals surface area (Å²) in [6, 6.07) is 21.3. The number of thiophene rings is 1. The molecule has 0 atom stereocenters. The second kappa shape index (κ2) is 13.6. The molecule has 0 aliphatic carbocycles. The molecule has 0 aliphatic rings. The topological polar surface area (TPSA) is 106 Å². The van der Waals surface area contributed by atoms with E-state index in [0.29, 0.717) is 16.1 Å². The third kappa shape index (κ3) is 7.57. The fourth-order valence-corrected chi connectivity index (χ4v) is 4.49. The normalized spacial score (nSPS) is 11.2. The molecule has 11 heteroatoms. The molecule has 3 aromatic carbocycles. The lowest BCUT2D eigenvalue weighted by Crippen LogP contribution is -2.32. The van der Waals surface area contributed by atoms with E-state index in [1.165, 1.54) is 48.9 Å². The molecule has 4 aromatic rings. The number of nitrogens with one attached hydrogen (secondary N) is 2. The molecule has 202 valence electrons. The van der Waals surface area contributed by atoms with Crippen molar-refractivity contribution in [1.29, 1.82) is 0 Å². The lowest BCUT2D eigenvalue weighted by Gasteiger charge is -2.11. The molecule has 4 rings (SSSR count). The highest BCUT2D eigenvalue weighted by molar-refractivity contribution is 7.10. The molecule has 40 heavy (non-hydrogen) atoms. The van der Waals surface area contributed by atoms with Gasteiger partial charge in [-0.2, -0.15) is 5.10 Å². The fraction of sp³-hybridized carbons (Fsp3) is 0.0345. The van der Waals surface area contributed by atoms with Gasteiger partial charge in [-0.15, -0.1) is 11.3 Å². The van der Waals surface area contributed by atoms with E-state index in [4.69, 9.17) is 32.7 Å². The monoisotopic (exact) mass is 593 g/mol. The van der Waals surface area contributed by atoms with Gasteiger partial charge in [0, 0.05) is 15.5 Å². The third-order valence-corrected chi connectivity index (χ3v) is 6.65. The highest BCUT2D eigenvalue weighted by Gasteiger charge is 2.17. The van der Waals surface area contributed by atoms with E-state index in [2.05, 4.69) is 15.8 Å². The van der Waals surface area contributed by atoms with Crippen molar-refractivity contribution in [2.45, 2.75) is 0 Å². The van der Waals surface area contributed by atoms with Gasteiger partial charge in [-0.05, 0) is 71.6 Å².